The van der Waals surface area contributed by atoms with E-state index in [-0.39, 0.29) is 11.8 Å². The lowest BCUT2D eigenvalue weighted by Gasteiger charge is -2.34. The molecule has 0 saturated carbocycles. The van der Waals surface area contributed by atoms with Crippen molar-refractivity contribution in [2.45, 2.75) is 17.9 Å². The zero-order chi connectivity index (χ0) is 18.4. The lowest BCUT2D eigenvalue weighted by Crippen LogP contribution is -2.42. The van der Waals surface area contributed by atoms with Gasteiger partial charge in [0.1, 0.15) is 5.41 Å². The van der Waals surface area contributed by atoms with Crippen LogP contribution in [0.5, 0.6) is 0 Å². The van der Waals surface area contributed by atoms with Gasteiger partial charge in [0.05, 0.1) is 17.8 Å². The second kappa shape index (κ2) is 5.77. The third kappa shape index (κ3) is 2.14. The Kier molecular flexibility index (Phi) is 3.36. The highest BCUT2D eigenvalue weighted by atomic mass is 16.2. The maximum absolute atomic E-state index is 13.2. The molecule has 2 atom stereocenters. The van der Waals surface area contributed by atoms with Crippen molar-refractivity contribution < 1.29 is 9.59 Å². The van der Waals surface area contributed by atoms with Crippen molar-refractivity contribution in [3.8, 4) is 0 Å². The van der Waals surface area contributed by atoms with E-state index in [0.717, 1.165) is 16.8 Å². The van der Waals surface area contributed by atoms with Gasteiger partial charge < -0.3 is 10.2 Å². The van der Waals surface area contributed by atoms with Gasteiger partial charge in [0, 0.05) is 30.8 Å². The quantitative estimate of drug-likeness (QED) is 0.734. The first-order valence-electron chi connectivity index (χ1n) is 8.82. The maximum Gasteiger partial charge on any atom is 0.257 e. The number of hydrogen-bond donors (Lipinski definition) is 2. The summed E-state index contributed by atoms with van der Waals surface area (Å²) in [5.74, 6) is -0.216. The van der Waals surface area contributed by atoms with Gasteiger partial charge in [-0.25, -0.2) is 0 Å². The fourth-order valence-electron chi connectivity index (χ4n) is 4.44. The number of carbonyl (C=O) groups excluding carboxylic acids is 2. The first kappa shape index (κ1) is 15.7. The highest BCUT2D eigenvalue weighted by molar-refractivity contribution is 6.08. The van der Waals surface area contributed by atoms with Gasteiger partial charge in [-0.05, 0) is 29.7 Å². The number of nitrogens with one attached hydrogen (secondary N) is 2. The van der Waals surface area contributed by atoms with Gasteiger partial charge in [-0.15, -0.1) is 0 Å². The summed E-state index contributed by atoms with van der Waals surface area (Å²) in [6.07, 6.45) is 7.07. The molecule has 1 fully saturated rings. The Bertz CT molecular complexity index is 1020. The van der Waals surface area contributed by atoms with Crippen LogP contribution >= 0.6 is 0 Å². The summed E-state index contributed by atoms with van der Waals surface area (Å²) in [4.78, 5) is 32.4. The maximum atomic E-state index is 13.2. The molecule has 2 aliphatic rings. The molecule has 3 aromatic rings. The topological polar surface area (TPSA) is 91.0 Å². The Morgan fingerprint density at radius 3 is 2.85 bits per heavy atom. The zero-order valence-corrected chi connectivity index (χ0v) is 14.4. The highest BCUT2D eigenvalue weighted by Crippen LogP contribution is 2.54. The Morgan fingerprint density at radius 1 is 1.19 bits per heavy atom. The van der Waals surface area contributed by atoms with Gasteiger partial charge >= 0.3 is 0 Å². The number of rotatable bonds is 2. The minimum atomic E-state index is -0.820. The molecule has 2 N–H and O–H groups in total. The molecule has 2 aromatic heterocycles. The molecule has 1 spiro atoms. The molecule has 7 nitrogen and oxygen atoms in total. The smallest absolute Gasteiger partial charge is 0.257 e. The van der Waals surface area contributed by atoms with Gasteiger partial charge in [-0.2, -0.15) is 5.10 Å². The van der Waals surface area contributed by atoms with Crippen molar-refractivity contribution in [1.29, 1.82) is 0 Å². The summed E-state index contributed by atoms with van der Waals surface area (Å²) in [5.41, 5.74) is 2.26. The molecule has 2 aliphatic heterocycles. The molecular formula is C20H17N5O2. The summed E-state index contributed by atoms with van der Waals surface area (Å²) < 4.78 is 0. The summed E-state index contributed by atoms with van der Waals surface area (Å²) in [6.45, 7) is 0.478. The summed E-state index contributed by atoms with van der Waals surface area (Å²) in [7, 11) is 0. The zero-order valence-electron chi connectivity index (χ0n) is 14.4. The molecule has 2 amide bonds. The Hall–Kier alpha value is -3.48. The van der Waals surface area contributed by atoms with Crippen LogP contribution in [0.25, 0.3) is 0 Å². The largest absolute Gasteiger partial charge is 0.330 e. The van der Waals surface area contributed by atoms with Crippen molar-refractivity contribution in [3.63, 3.8) is 0 Å². The molecular weight excluding hydrogens is 342 g/mol. The van der Waals surface area contributed by atoms with Crippen molar-refractivity contribution in [1.82, 2.24) is 20.1 Å². The monoisotopic (exact) mass is 359 g/mol. The first-order valence-corrected chi connectivity index (χ1v) is 8.82. The number of nitrogens with zero attached hydrogens (tertiary/aromatic N) is 3. The van der Waals surface area contributed by atoms with E-state index >= 15 is 0 Å². The average Bonchev–Trinajstić information content (AvgIpc) is 3.42. The molecule has 0 aliphatic carbocycles. The van der Waals surface area contributed by atoms with Crippen LogP contribution in [0, 0.1) is 0 Å². The molecule has 2 unspecified atom stereocenters. The number of hydrogen-bond acceptors (Lipinski definition) is 4. The van der Waals surface area contributed by atoms with E-state index in [1.165, 1.54) is 6.20 Å². The van der Waals surface area contributed by atoms with E-state index in [9.17, 15) is 9.59 Å². The molecule has 134 valence electrons. The standard InChI is InChI=1S/C20H17N5O2/c26-18(14-11-22-23-12-14)25-9-7-20(17(25)13-4-3-8-21-10-13)15-5-1-2-6-16(15)24-19(20)27/h1-6,8,10-12,17H,7,9H2,(H,22,23)(H,24,27). The lowest BCUT2D eigenvalue weighted by molar-refractivity contribution is -0.121. The number of carbonyl (C=O) groups is 2. The van der Waals surface area contributed by atoms with Crippen molar-refractivity contribution in [2.24, 2.45) is 0 Å². The number of pyridine rings is 1. The van der Waals surface area contributed by atoms with Crippen molar-refractivity contribution in [3.05, 3.63) is 77.9 Å². The number of anilines is 1. The van der Waals surface area contributed by atoms with Crippen LogP contribution in [0.1, 0.15) is 33.9 Å². The fourth-order valence-corrected chi connectivity index (χ4v) is 4.44. The third-order valence-corrected chi connectivity index (χ3v) is 5.59. The highest BCUT2D eigenvalue weighted by Gasteiger charge is 2.59. The third-order valence-electron chi connectivity index (χ3n) is 5.59. The minimum Gasteiger partial charge on any atom is -0.330 e. The predicted octanol–water partition coefficient (Wildman–Crippen LogP) is 2.28. The van der Waals surface area contributed by atoms with Gasteiger partial charge in [-0.3, -0.25) is 19.7 Å². The van der Waals surface area contributed by atoms with E-state index in [1.807, 2.05) is 36.4 Å². The van der Waals surface area contributed by atoms with Gasteiger partial charge in [0.2, 0.25) is 5.91 Å². The van der Waals surface area contributed by atoms with E-state index < -0.39 is 11.5 Å². The molecule has 5 rings (SSSR count). The number of aromatic amines is 1. The number of likely N-dealkylation sites (tertiary alicyclic amines) is 1. The number of H-pyrrole nitrogens is 1. The van der Waals surface area contributed by atoms with Crippen LogP contribution in [-0.2, 0) is 10.2 Å². The molecule has 27 heavy (non-hydrogen) atoms. The van der Waals surface area contributed by atoms with E-state index in [1.54, 1.807) is 23.5 Å². The Balaban J connectivity index is 1.69. The van der Waals surface area contributed by atoms with E-state index in [2.05, 4.69) is 20.5 Å². The van der Waals surface area contributed by atoms with Gasteiger partial charge in [0.15, 0.2) is 0 Å². The normalized spacial score (nSPS) is 23.5. The molecule has 0 radical (unpaired) electrons. The molecule has 4 heterocycles. The number of amides is 2. The fraction of sp³-hybridized carbons (Fsp3) is 0.200. The number of fused-ring (bicyclic) bond motifs is 2. The van der Waals surface area contributed by atoms with Crippen LogP contribution in [0.3, 0.4) is 0 Å². The summed E-state index contributed by atoms with van der Waals surface area (Å²) in [6, 6.07) is 11.0. The first-order chi connectivity index (χ1) is 13.2. The predicted molar refractivity (Wildman–Crippen MR) is 98.0 cm³/mol. The van der Waals surface area contributed by atoms with Crippen LogP contribution in [0.2, 0.25) is 0 Å². The molecule has 0 bridgehead atoms. The average molecular weight is 359 g/mol. The second-order valence-electron chi connectivity index (χ2n) is 6.90. The van der Waals surface area contributed by atoms with Crippen molar-refractivity contribution in [2.75, 3.05) is 11.9 Å². The van der Waals surface area contributed by atoms with Gasteiger partial charge in [-0.1, -0.05) is 24.3 Å². The van der Waals surface area contributed by atoms with Crippen LogP contribution < -0.4 is 5.32 Å². The van der Waals surface area contributed by atoms with Gasteiger partial charge in [0.25, 0.3) is 5.91 Å². The number of para-hydroxylation sites is 1. The SMILES string of the molecule is O=C(c1cn[nH]c1)N1CCC2(C(=O)Nc3ccccc32)C1c1cccnc1. The summed E-state index contributed by atoms with van der Waals surface area (Å²) >= 11 is 0. The number of benzene rings is 1. The van der Waals surface area contributed by atoms with Crippen LogP contribution in [-0.4, -0.2) is 38.4 Å². The second-order valence-corrected chi connectivity index (χ2v) is 6.90. The molecule has 1 saturated heterocycles. The van der Waals surface area contributed by atoms with E-state index in [4.69, 9.17) is 0 Å². The van der Waals surface area contributed by atoms with Crippen molar-refractivity contribution >= 4 is 17.5 Å². The van der Waals surface area contributed by atoms with Crippen LogP contribution in [0.15, 0.2) is 61.2 Å². The minimum absolute atomic E-state index is 0.0694. The van der Waals surface area contributed by atoms with Crippen LogP contribution in [0.4, 0.5) is 5.69 Å². The lowest BCUT2D eigenvalue weighted by atomic mass is 9.73. The molecule has 7 heteroatoms. The Morgan fingerprint density at radius 2 is 2.07 bits per heavy atom. The van der Waals surface area contributed by atoms with E-state index in [0.29, 0.717) is 18.5 Å². The Labute approximate surface area is 155 Å². The number of aromatic nitrogens is 3. The molecule has 1 aromatic carbocycles. The summed E-state index contributed by atoms with van der Waals surface area (Å²) in [5, 5.41) is 9.58.